The van der Waals surface area contributed by atoms with Crippen LogP contribution in [0.2, 0.25) is 0 Å². The Bertz CT molecular complexity index is 1280. The summed E-state index contributed by atoms with van der Waals surface area (Å²) in [5, 5.41) is 5.02. The van der Waals surface area contributed by atoms with Gasteiger partial charge in [0, 0.05) is 16.8 Å². The number of anilines is 1. The van der Waals surface area contributed by atoms with Crippen molar-refractivity contribution >= 4 is 34.8 Å². The largest absolute Gasteiger partial charge is 0.452 e. The van der Waals surface area contributed by atoms with Gasteiger partial charge in [0.1, 0.15) is 11.8 Å². The number of pyridine rings is 1. The number of aromatic nitrogens is 1. The van der Waals surface area contributed by atoms with Gasteiger partial charge in [-0.1, -0.05) is 41.6 Å². The van der Waals surface area contributed by atoms with Gasteiger partial charge in [-0.2, -0.15) is 0 Å². The Kier molecular flexibility index (Phi) is 5.96. The number of benzene rings is 2. The van der Waals surface area contributed by atoms with Crippen molar-refractivity contribution in [2.45, 2.75) is 42.8 Å². The molecular formula is C27H25N3OS2. The van der Waals surface area contributed by atoms with E-state index in [2.05, 4.69) is 84.5 Å². The molecule has 0 bridgehead atoms. The standard InChI is InChI=1S/C27H25N3OS2/c1-17-7-11-21(12-8-17)33-24-14-13-23(31-24)26-25(22-6-4-5-15-28-22)29-27(32)30(26)20-10-9-18(2)19(3)16-20/h4-16,25-26H,1-3H3,(H,29,32)/t25-,26-/m1/s1. The molecule has 6 heteroatoms. The SMILES string of the molecule is Cc1ccc(Sc2ccc([C@@H]3[C@@H](c4ccccn4)NC(=S)N3c3ccc(C)c(C)c3)o2)cc1. The van der Waals surface area contributed by atoms with Gasteiger partial charge in [-0.25, -0.2) is 0 Å². The Morgan fingerprint density at radius 3 is 2.48 bits per heavy atom. The molecule has 4 aromatic rings. The molecular weight excluding hydrogens is 446 g/mol. The fourth-order valence-corrected chi connectivity index (χ4v) is 5.19. The van der Waals surface area contributed by atoms with Crippen LogP contribution in [0.25, 0.3) is 0 Å². The molecule has 1 aliphatic heterocycles. The Morgan fingerprint density at radius 1 is 0.939 bits per heavy atom. The Morgan fingerprint density at radius 2 is 1.76 bits per heavy atom. The highest BCUT2D eigenvalue weighted by molar-refractivity contribution is 7.99. The van der Waals surface area contributed by atoms with E-state index < -0.39 is 0 Å². The molecule has 1 N–H and O–H groups in total. The maximum atomic E-state index is 6.40. The molecule has 33 heavy (non-hydrogen) atoms. The molecule has 0 spiro atoms. The van der Waals surface area contributed by atoms with Gasteiger partial charge >= 0.3 is 0 Å². The maximum absolute atomic E-state index is 6.40. The molecule has 3 heterocycles. The average molecular weight is 472 g/mol. The topological polar surface area (TPSA) is 41.3 Å². The summed E-state index contributed by atoms with van der Waals surface area (Å²) in [5.74, 6) is 0.853. The molecule has 166 valence electrons. The molecule has 2 aromatic heterocycles. The lowest BCUT2D eigenvalue weighted by Gasteiger charge is -2.26. The van der Waals surface area contributed by atoms with Gasteiger partial charge in [-0.15, -0.1) is 0 Å². The van der Waals surface area contributed by atoms with Crippen molar-refractivity contribution in [1.82, 2.24) is 10.3 Å². The molecule has 0 radical (unpaired) electrons. The third kappa shape index (κ3) is 4.41. The lowest BCUT2D eigenvalue weighted by Crippen LogP contribution is -2.29. The third-order valence-electron chi connectivity index (χ3n) is 6.00. The first-order valence-electron chi connectivity index (χ1n) is 10.9. The van der Waals surface area contributed by atoms with E-state index >= 15 is 0 Å². The van der Waals surface area contributed by atoms with Gasteiger partial charge in [0.2, 0.25) is 0 Å². The van der Waals surface area contributed by atoms with Crippen LogP contribution in [0.5, 0.6) is 0 Å². The minimum Gasteiger partial charge on any atom is -0.452 e. The fourth-order valence-electron chi connectivity index (χ4n) is 4.07. The smallest absolute Gasteiger partial charge is 0.174 e. The molecule has 1 saturated heterocycles. The fraction of sp³-hybridized carbons (Fsp3) is 0.185. The molecule has 2 atom stereocenters. The van der Waals surface area contributed by atoms with Crippen LogP contribution in [-0.4, -0.2) is 10.1 Å². The normalized spacial score (nSPS) is 17.9. The van der Waals surface area contributed by atoms with E-state index in [1.165, 1.54) is 16.7 Å². The van der Waals surface area contributed by atoms with Crippen LogP contribution in [0.3, 0.4) is 0 Å². The van der Waals surface area contributed by atoms with E-state index in [0.717, 1.165) is 27.1 Å². The minimum absolute atomic E-state index is 0.122. The number of nitrogens with one attached hydrogen (secondary N) is 1. The van der Waals surface area contributed by atoms with E-state index in [-0.39, 0.29) is 12.1 Å². The zero-order valence-electron chi connectivity index (χ0n) is 18.8. The van der Waals surface area contributed by atoms with Crippen LogP contribution in [-0.2, 0) is 0 Å². The van der Waals surface area contributed by atoms with Gasteiger partial charge in [0.15, 0.2) is 10.2 Å². The van der Waals surface area contributed by atoms with Crippen LogP contribution < -0.4 is 10.2 Å². The van der Waals surface area contributed by atoms with Gasteiger partial charge in [-0.05, 0) is 92.6 Å². The van der Waals surface area contributed by atoms with Crippen LogP contribution in [0.1, 0.15) is 40.2 Å². The monoisotopic (exact) mass is 471 g/mol. The number of rotatable bonds is 5. The molecule has 2 aromatic carbocycles. The molecule has 0 unspecified atom stereocenters. The summed E-state index contributed by atoms with van der Waals surface area (Å²) in [4.78, 5) is 7.92. The summed E-state index contributed by atoms with van der Waals surface area (Å²) in [6, 6.07) is 24.7. The van der Waals surface area contributed by atoms with Crippen molar-refractivity contribution in [3.8, 4) is 0 Å². The molecule has 1 aliphatic rings. The van der Waals surface area contributed by atoms with Gasteiger partial charge < -0.3 is 14.6 Å². The predicted octanol–water partition coefficient (Wildman–Crippen LogP) is 6.93. The number of hydrogen-bond acceptors (Lipinski definition) is 4. The lowest BCUT2D eigenvalue weighted by atomic mass is 10.0. The Balaban J connectivity index is 1.53. The van der Waals surface area contributed by atoms with Gasteiger partial charge in [0.25, 0.3) is 0 Å². The van der Waals surface area contributed by atoms with E-state index in [0.29, 0.717) is 5.11 Å². The van der Waals surface area contributed by atoms with Crippen LogP contribution in [0.15, 0.2) is 93.4 Å². The van der Waals surface area contributed by atoms with Crippen LogP contribution in [0.4, 0.5) is 5.69 Å². The average Bonchev–Trinajstić information content (AvgIpc) is 3.42. The highest BCUT2D eigenvalue weighted by atomic mass is 32.2. The molecule has 1 fully saturated rings. The predicted molar refractivity (Wildman–Crippen MR) is 138 cm³/mol. The summed E-state index contributed by atoms with van der Waals surface area (Å²) < 4.78 is 6.40. The summed E-state index contributed by atoms with van der Waals surface area (Å²) in [6.07, 6.45) is 1.82. The van der Waals surface area contributed by atoms with Crippen molar-refractivity contribution in [2.75, 3.05) is 4.90 Å². The molecule has 0 amide bonds. The van der Waals surface area contributed by atoms with Gasteiger partial charge in [-0.3, -0.25) is 4.98 Å². The van der Waals surface area contributed by atoms with Crippen LogP contribution in [0, 0.1) is 20.8 Å². The van der Waals surface area contributed by atoms with Crippen LogP contribution >= 0.6 is 24.0 Å². The number of hydrogen-bond donors (Lipinski definition) is 1. The first-order valence-corrected chi connectivity index (χ1v) is 12.1. The van der Waals surface area contributed by atoms with Gasteiger partial charge in [0.05, 0.1) is 11.7 Å². The summed E-state index contributed by atoms with van der Waals surface area (Å²) >= 11 is 7.44. The quantitative estimate of drug-likeness (QED) is 0.318. The summed E-state index contributed by atoms with van der Waals surface area (Å²) in [5.41, 5.74) is 5.70. The summed E-state index contributed by atoms with van der Waals surface area (Å²) in [6.45, 7) is 6.34. The molecule has 0 aliphatic carbocycles. The van der Waals surface area contributed by atoms with Crippen molar-refractivity contribution < 1.29 is 4.42 Å². The molecule has 5 rings (SSSR count). The number of nitrogens with zero attached hydrogens (tertiary/aromatic N) is 2. The van der Waals surface area contributed by atoms with Crippen molar-refractivity contribution in [2.24, 2.45) is 0 Å². The van der Waals surface area contributed by atoms with Crippen molar-refractivity contribution in [3.05, 3.63) is 107 Å². The second-order valence-electron chi connectivity index (χ2n) is 8.34. The van der Waals surface area contributed by atoms with E-state index in [1.807, 2.05) is 30.5 Å². The van der Waals surface area contributed by atoms with Crippen molar-refractivity contribution in [1.29, 1.82) is 0 Å². The second kappa shape index (κ2) is 9.04. The highest BCUT2D eigenvalue weighted by Gasteiger charge is 2.42. The first-order chi connectivity index (χ1) is 16.0. The Hall–Kier alpha value is -3.09. The second-order valence-corrected chi connectivity index (χ2v) is 9.80. The molecule has 4 nitrogen and oxygen atoms in total. The van der Waals surface area contributed by atoms with E-state index in [4.69, 9.17) is 16.6 Å². The Labute approximate surface area is 204 Å². The molecule has 0 saturated carbocycles. The zero-order chi connectivity index (χ0) is 22.9. The minimum atomic E-state index is -0.151. The number of aryl methyl sites for hydroxylation is 3. The van der Waals surface area contributed by atoms with Crippen molar-refractivity contribution in [3.63, 3.8) is 0 Å². The number of thiocarbonyl (C=S) groups is 1. The maximum Gasteiger partial charge on any atom is 0.174 e. The zero-order valence-corrected chi connectivity index (χ0v) is 20.4. The van der Waals surface area contributed by atoms with E-state index in [1.54, 1.807) is 11.8 Å². The number of furan rings is 1. The van der Waals surface area contributed by atoms with E-state index in [9.17, 15) is 0 Å². The summed E-state index contributed by atoms with van der Waals surface area (Å²) in [7, 11) is 0. The first kappa shape index (κ1) is 21.7. The lowest BCUT2D eigenvalue weighted by molar-refractivity contribution is 0.383. The third-order valence-corrected chi connectivity index (χ3v) is 7.24. The highest BCUT2D eigenvalue weighted by Crippen LogP contribution is 2.43.